The van der Waals surface area contributed by atoms with Crippen molar-refractivity contribution in [3.8, 4) is 34.5 Å². The minimum atomic E-state index is -0.986. The Labute approximate surface area is 217 Å². The molecule has 0 spiro atoms. The van der Waals surface area contributed by atoms with Gasteiger partial charge in [-0.2, -0.15) is 15.0 Å². The number of nitrogens with zero attached hydrogens (tertiary/aromatic N) is 3. The third kappa shape index (κ3) is 5.51. The zero-order chi connectivity index (χ0) is 28.3. The predicted octanol–water partition coefficient (Wildman–Crippen LogP) is 1.86. The number of aromatic hydroxyl groups is 6. The van der Waals surface area contributed by atoms with Crippen LogP contribution in [-0.2, 0) is 0 Å². The van der Waals surface area contributed by atoms with Crippen LogP contribution in [-0.4, -0.2) is 63.3 Å². The fraction of sp³-hybridized carbons (Fsp3) is 0. The molecular weight excluding hydrogens is 516 g/mol. The lowest BCUT2D eigenvalue weighted by atomic mass is 10.1. The monoisotopic (exact) mass is 534 g/mol. The molecule has 3 amide bonds. The van der Waals surface area contributed by atoms with Crippen molar-refractivity contribution in [2.24, 2.45) is 0 Å². The molecule has 198 valence electrons. The van der Waals surface area contributed by atoms with Crippen LogP contribution < -0.4 is 16.0 Å². The van der Waals surface area contributed by atoms with E-state index in [2.05, 4.69) is 30.9 Å². The van der Waals surface area contributed by atoms with Crippen LogP contribution in [0.2, 0.25) is 0 Å². The maximum atomic E-state index is 12.7. The van der Waals surface area contributed by atoms with Crippen LogP contribution in [0.3, 0.4) is 0 Å². The van der Waals surface area contributed by atoms with Gasteiger partial charge < -0.3 is 30.6 Å². The molecule has 0 saturated heterocycles. The number of amides is 3. The Morgan fingerprint density at radius 3 is 0.974 bits per heavy atom. The third-order valence-electron chi connectivity index (χ3n) is 5.09. The van der Waals surface area contributed by atoms with Crippen molar-refractivity contribution in [2.45, 2.75) is 0 Å². The highest BCUT2D eigenvalue weighted by Crippen LogP contribution is 2.31. The van der Waals surface area contributed by atoms with Gasteiger partial charge in [-0.05, 0) is 36.4 Å². The van der Waals surface area contributed by atoms with Crippen LogP contribution in [0.1, 0.15) is 31.1 Å². The number of nitrogens with one attached hydrogen (secondary N) is 3. The normalized spacial score (nSPS) is 10.5. The van der Waals surface area contributed by atoms with Crippen molar-refractivity contribution in [3.63, 3.8) is 0 Å². The summed E-state index contributed by atoms with van der Waals surface area (Å²) in [5.74, 6) is -8.49. The van der Waals surface area contributed by atoms with Gasteiger partial charge in [-0.15, -0.1) is 0 Å². The first-order chi connectivity index (χ1) is 18.5. The first-order valence-corrected chi connectivity index (χ1v) is 10.8. The van der Waals surface area contributed by atoms with Crippen molar-refractivity contribution < 1.29 is 45.0 Å². The number of hydrogen-bond acceptors (Lipinski definition) is 12. The summed E-state index contributed by atoms with van der Waals surface area (Å²) in [5, 5.41) is 65.6. The topological polar surface area (TPSA) is 247 Å². The van der Waals surface area contributed by atoms with Gasteiger partial charge in [-0.1, -0.05) is 18.2 Å². The third-order valence-corrected chi connectivity index (χ3v) is 5.09. The lowest BCUT2D eigenvalue weighted by Crippen LogP contribution is -2.21. The summed E-state index contributed by atoms with van der Waals surface area (Å²) in [5.41, 5.74) is -1.08. The van der Waals surface area contributed by atoms with Gasteiger partial charge in [0.1, 0.15) is 0 Å². The zero-order valence-corrected chi connectivity index (χ0v) is 19.4. The van der Waals surface area contributed by atoms with Crippen molar-refractivity contribution >= 4 is 35.6 Å². The van der Waals surface area contributed by atoms with Crippen molar-refractivity contribution in [1.29, 1.82) is 0 Å². The summed E-state index contributed by atoms with van der Waals surface area (Å²) < 4.78 is 0. The first kappa shape index (κ1) is 26.0. The summed E-state index contributed by atoms with van der Waals surface area (Å²) in [6.07, 6.45) is 0. The van der Waals surface area contributed by atoms with E-state index in [4.69, 9.17) is 0 Å². The molecule has 1 aromatic heterocycles. The van der Waals surface area contributed by atoms with Gasteiger partial charge in [0, 0.05) is 0 Å². The molecule has 15 nitrogen and oxygen atoms in total. The highest BCUT2D eigenvalue weighted by atomic mass is 16.3. The molecule has 0 aliphatic heterocycles. The number of phenols is 6. The summed E-state index contributed by atoms with van der Waals surface area (Å²) in [4.78, 5) is 49.6. The van der Waals surface area contributed by atoms with Crippen LogP contribution in [0, 0.1) is 0 Å². The number of para-hydroxylation sites is 3. The van der Waals surface area contributed by atoms with E-state index in [-0.39, 0.29) is 16.7 Å². The van der Waals surface area contributed by atoms with Crippen molar-refractivity contribution in [3.05, 3.63) is 71.3 Å². The van der Waals surface area contributed by atoms with E-state index in [0.717, 1.165) is 18.2 Å². The Morgan fingerprint density at radius 1 is 0.462 bits per heavy atom. The number of carbonyl (C=O) groups excluding carboxylic acids is 3. The van der Waals surface area contributed by atoms with Gasteiger partial charge in [0.25, 0.3) is 17.7 Å². The molecule has 0 unspecified atom stereocenters. The Hall–Kier alpha value is -6.12. The highest BCUT2D eigenvalue weighted by Gasteiger charge is 2.21. The second-order valence-electron chi connectivity index (χ2n) is 7.69. The molecule has 9 N–H and O–H groups in total. The Kier molecular flexibility index (Phi) is 6.97. The first-order valence-electron chi connectivity index (χ1n) is 10.8. The molecular formula is C24H18N6O9. The van der Waals surface area contributed by atoms with Crippen LogP contribution in [0.15, 0.2) is 54.6 Å². The molecule has 0 bridgehead atoms. The number of rotatable bonds is 6. The standard InChI is InChI=1S/C24H18N6O9/c31-13-7-1-4-10(16(13)34)19(37)25-22-28-23(26-20(38)11-5-2-8-14(32)17(11)35)30-24(29-22)27-21(39)12-6-3-9-15(33)18(12)36/h1-9,31-36H,(H3,25,26,27,28,29,30,37,38,39). The predicted molar refractivity (Wildman–Crippen MR) is 133 cm³/mol. The van der Waals surface area contributed by atoms with Gasteiger partial charge in [0.2, 0.25) is 17.8 Å². The molecule has 15 heteroatoms. The number of benzene rings is 3. The second kappa shape index (κ2) is 10.5. The number of carbonyl (C=O) groups is 3. The quantitative estimate of drug-likeness (QED) is 0.161. The van der Waals surface area contributed by atoms with E-state index < -0.39 is 70.1 Å². The number of aromatic nitrogens is 3. The fourth-order valence-corrected chi connectivity index (χ4v) is 3.19. The Balaban J connectivity index is 1.69. The molecule has 0 aliphatic carbocycles. The van der Waals surface area contributed by atoms with E-state index in [9.17, 15) is 45.0 Å². The van der Waals surface area contributed by atoms with Crippen molar-refractivity contribution in [2.75, 3.05) is 16.0 Å². The average molecular weight is 534 g/mol. The average Bonchev–Trinajstić information content (AvgIpc) is 2.88. The molecule has 0 fully saturated rings. The molecule has 0 saturated carbocycles. The molecule has 4 aromatic rings. The maximum absolute atomic E-state index is 12.7. The Morgan fingerprint density at radius 2 is 0.718 bits per heavy atom. The molecule has 3 aromatic carbocycles. The number of phenolic OH excluding ortho intramolecular Hbond substituents is 6. The van der Waals surface area contributed by atoms with Crippen LogP contribution >= 0.6 is 0 Å². The van der Waals surface area contributed by atoms with Gasteiger partial charge in [0.15, 0.2) is 34.5 Å². The van der Waals surface area contributed by atoms with E-state index in [0.29, 0.717) is 0 Å². The lowest BCUT2D eigenvalue weighted by Gasteiger charge is -2.12. The van der Waals surface area contributed by atoms with E-state index in [1.54, 1.807) is 0 Å². The summed E-state index contributed by atoms with van der Waals surface area (Å²) >= 11 is 0. The largest absolute Gasteiger partial charge is 0.504 e. The fourth-order valence-electron chi connectivity index (χ4n) is 3.19. The summed E-state index contributed by atoms with van der Waals surface area (Å²) in [6.45, 7) is 0. The molecule has 39 heavy (non-hydrogen) atoms. The van der Waals surface area contributed by atoms with Gasteiger partial charge in [-0.3, -0.25) is 30.3 Å². The lowest BCUT2D eigenvalue weighted by molar-refractivity contribution is 0.101. The summed E-state index contributed by atoms with van der Waals surface area (Å²) in [6, 6.07) is 10.9. The van der Waals surface area contributed by atoms with E-state index in [1.165, 1.54) is 36.4 Å². The van der Waals surface area contributed by atoms with Crippen LogP contribution in [0.4, 0.5) is 17.8 Å². The number of hydrogen-bond donors (Lipinski definition) is 9. The SMILES string of the molecule is O=C(Nc1nc(NC(=O)c2cccc(O)c2O)nc(NC(=O)c2cccc(O)c2O)n1)c1cccc(O)c1O. The molecule has 1 heterocycles. The maximum Gasteiger partial charge on any atom is 0.261 e. The minimum Gasteiger partial charge on any atom is -0.504 e. The Bertz CT molecular complexity index is 1420. The van der Waals surface area contributed by atoms with Gasteiger partial charge in [0.05, 0.1) is 16.7 Å². The highest BCUT2D eigenvalue weighted by molar-refractivity contribution is 6.08. The second-order valence-corrected chi connectivity index (χ2v) is 7.69. The zero-order valence-electron chi connectivity index (χ0n) is 19.4. The molecule has 4 rings (SSSR count). The molecule has 0 radical (unpaired) electrons. The molecule has 0 atom stereocenters. The molecule has 0 aliphatic rings. The minimum absolute atomic E-state index is 0.360. The van der Waals surface area contributed by atoms with Crippen LogP contribution in [0.5, 0.6) is 34.5 Å². The van der Waals surface area contributed by atoms with Crippen molar-refractivity contribution in [1.82, 2.24) is 15.0 Å². The van der Waals surface area contributed by atoms with E-state index >= 15 is 0 Å². The van der Waals surface area contributed by atoms with Crippen LogP contribution in [0.25, 0.3) is 0 Å². The summed E-state index contributed by atoms with van der Waals surface area (Å²) in [7, 11) is 0. The van der Waals surface area contributed by atoms with Gasteiger partial charge >= 0.3 is 0 Å². The van der Waals surface area contributed by atoms with Gasteiger partial charge in [-0.25, -0.2) is 0 Å². The smallest absolute Gasteiger partial charge is 0.261 e. The number of anilines is 3. The van der Waals surface area contributed by atoms with E-state index in [1.807, 2.05) is 0 Å².